The number of nitrogens with zero attached hydrogens (tertiary/aromatic N) is 4. The topological polar surface area (TPSA) is 49.3 Å². The van der Waals surface area contributed by atoms with E-state index >= 15 is 0 Å². The number of amides is 1. The molecule has 1 aliphatic heterocycles. The van der Waals surface area contributed by atoms with E-state index < -0.39 is 0 Å². The number of carbonyl (C=O) groups is 1. The standard InChI is InChI=1S/C20H26N4O/c1-15-13-18(22-14-21-15)23-9-11-24(12-10-23)19(25)16-5-7-17(8-6-16)20(2,3)4/h5-8,13-14H,9-12H2,1-4H3. The Labute approximate surface area is 149 Å². The van der Waals surface area contributed by atoms with Crippen molar-refractivity contribution in [3.05, 3.63) is 53.5 Å². The molecule has 0 aliphatic carbocycles. The Hall–Kier alpha value is -2.43. The Morgan fingerprint density at radius 1 is 1.00 bits per heavy atom. The van der Waals surface area contributed by atoms with Gasteiger partial charge in [-0.3, -0.25) is 4.79 Å². The third kappa shape index (κ3) is 3.98. The zero-order chi connectivity index (χ0) is 18.0. The van der Waals surface area contributed by atoms with Crippen LogP contribution in [0.15, 0.2) is 36.7 Å². The Bertz CT molecular complexity index is 741. The number of hydrogen-bond donors (Lipinski definition) is 0. The summed E-state index contributed by atoms with van der Waals surface area (Å²) in [5, 5.41) is 0. The fourth-order valence-electron chi connectivity index (χ4n) is 3.05. The normalized spacial score (nSPS) is 15.4. The molecule has 1 saturated heterocycles. The van der Waals surface area contributed by atoms with Crippen LogP contribution in [0.1, 0.15) is 42.4 Å². The van der Waals surface area contributed by atoms with E-state index in [0.717, 1.165) is 30.2 Å². The van der Waals surface area contributed by atoms with E-state index in [1.165, 1.54) is 5.56 Å². The smallest absolute Gasteiger partial charge is 0.253 e. The minimum atomic E-state index is 0.100. The molecule has 1 aromatic carbocycles. The molecule has 2 aromatic rings. The summed E-state index contributed by atoms with van der Waals surface area (Å²) in [5.74, 6) is 1.05. The first-order valence-corrected chi connectivity index (χ1v) is 8.78. The van der Waals surface area contributed by atoms with Crippen molar-refractivity contribution in [3.8, 4) is 0 Å². The number of carbonyl (C=O) groups excluding carboxylic acids is 1. The van der Waals surface area contributed by atoms with Gasteiger partial charge >= 0.3 is 0 Å². The van der Waals surface area contributed by atoms with Crippen molar-refractivity contribution >= 4 is 11.7 Å². The lowest BCUT2D eigenvalue weighted by molar-refractivity contribution is 0.0746. The molecule has 0 radical (unpaired) electrons. The summed E-state index contributed by atoms with van der Waals surface area (Å²) < 4.78 is 0. The van der Waals surface area contributed by atoms with Gasteiger partial charge in [0.1, 0.15) is 12.1 Å². The summed E-state index contributed by atoms with van der Waals surface area (Å²) in [4.78, 5) is 25.4. The minimum Gasteiger partial charge on any atom is -0.353 e. The van der Waals surface area contributed by atoms with E-state index in [1.54, 1.807) is 6.33 Å². The Morgan fingerprint density at radius 3 is 2.20 bits per heavy atom. The summed E-state index contributed by atoms with van der Waals surface area (Å²) in [7, 11) is 0. The van der Waals surface area contributed by atoms with Crippen LogP contribution < -0.4 is 4.90 Å². The highest BCUT2D eigenvalue weighted by atomic mass is 16.2. The van der Waals surface area contributed by atoms with Crippen LogP contribution in [0.25, 0.3) is 0 Å². The summed E-state index contributed by atoms with van der Waals surface area (Å²) >= 11 is 0. The third-order valence-corrected chi connectivity index (χ3v) is 4.68. The lowest BCUT2D eigenvalue weighted by Gasteiger charge is -2.35. The van der Waals surface area contributed by atoms with Crippen LogP contribution >= 0.6 is 0 Å². The van der Waals surface area contributed by atoms with Gasteiger partial charge in [-0.1, -0.05) is 32.9 Å². The molecule has 1 fully saturated rings. The first-order chi connectivity index (χ1) is 11.8. The lowest BCUT2D eigenvalue weighted by atomic mass is 9.86. The molecule has 2 heterocycles. The van der Waals surface area contributed by atoms with Gasteiger partial charge in [0.15, 0.2) is 0 Å². The van der Waals surface area contributed by atoms with Crippen molar-refractivity contribution < 1.29 is 4.79 Å². The SMILES string of the molecule is Cc1cc(N2CCN(C(=O)c3ccc(C(C)(C)C)cc3)CC2)ncn1. The average Bonchev–Trinajstić information content (AvgIpc) is 2.61. The zero-order valence-corrected chi connectivity index (χ0v) is 15.5. The van der Waals surface area contributed by atoms with Crippen molar-refractivity contribution in [2.24, 2.45) is 0 Å². The number of aromatic nitrogens is 2. The molecule has 5 nitrogen and oxygen atoms in total. The number of piperazine rings is 1. The summed E-state index contributed by atoms with van der Waals surface area (Å²) in [6.07, 6.45) is 1.60. The maximum Gasteiger partial charge on any atom is 0.253 e. The van der Waals surface area contributed by atoms with E-state index in [2.05, 4.69) is 47.8 Å². The van der Waals surface area contributed by atoms with Gasteiger partial charge in [-0.15, -0.1) is 0 Å². The second-order valence-electron chi connectivity index (χ2n) is 7.62. The Morgan fingerprint density at radius 2 is 1.64 bits per heavy atom. The summed E-state index contributed by atoms with van der Waals surface area (Å²) in [6, 6.07) is 10.0. The van der Waals surface area contributed by atoms with E-state index in [0.29, 0.717) is 13.1 Å². The van der Waals surface area contributed by atoms with Crippen molar-refractivity contribution in [1.82, 2.24) is 14.9 Å². The van der Waals surface area contributed by atoms with Gasteiger partial charge in [-0.2, -0.15) is 0 Å². The predicted octanol–water partition coefficient (Wildman–Crippen LogP) is 3.04. The molecule has 0 N–H and O–H groups in total. The van der Waals surface area contributed by atoms with Gasteiger partial charge < -0.3 is 9.80 Å². The highest BCUT2D eigenvalue weighted by Crippen LogP contribution is 2.23. The molecule has 1 amide bonds. The fraction of sp³-hybridized carbons (Fsp3) is 0.450. The highest BCUT2D eigenvalue weighted by molar-refractivity contribution is 5.94. The Balaban J connectivity index is 1.63. The number of hydrogen-bond acceptors (Lipinski definition) is 4. The minimum absolute atomic E-state index is 0.100. The molecule has 132 valence electrons. The number of benzene rings is 1. The lowest BCUT2D eigenvalue weighted by Crippen LogP contribution is -2.49. The second-order valence-corrected chi connectivity index (χ2v) is 7.62. The quantitative estimate of drug-likeness (QED) is 0.844. The third-order valence-electron chi connectivity index (χ3n) is 4.68. The van der Waals surface area contributed by atoms with Crippen LogP contribution in [0.3, 0.4) is 0 Å². The van der Waals surface area contributed by atoms with Gasteiger partial charge in [-0.25, -0.2) is 9.97 Å². The molecular weight excluding hydrogens is 312 g/mol. The molecular formula is C20H26N4O. The summed E-state index contributed by atoms with van der Waals surface area (Å²) in [6.45, 7) is 11.5. The second kappa shape index (κ2) is 6.82. The monoisotopic (exact) mass is 338 g/mol. The highest BCUT2D eigenvalue weighted by Gasteiger charge is 2.23. The van der Waals surface area contributed by atoms with Crippen molar-refractivity contribution in [1.29, 1.82) is 0 Å². The van der Waals surface area contributed by atoms with E-state index in [9.17, 15) is 4.79 Å². The molecule has 0 spiro atoms. The summed E-state index contributed by atoms with van der Waals surface area (Å²) in [5.41, 5.74) is 3.07. The van der Waals surface area contributed by atoms with E-state index in [1.807, 2.05) is 30.0 Å². The van der Waals surface area contributed by atoms with Crippen molar-refractivity contribution in [3.63, 3.8) is 0 Å². The van der Waals surface area contributed by atoms with Gasteiger partial charge in [0.05, 0.1) is 0 Å². The van der Waals surface area contributed by atoms with Crippen LogP contribution in [0.5, 0.6) is 0 Å². The molecule has 0 bridgehead atoms. The van der Waals surface area contributed by atoms with Gasteiger partial charge in [0.2, 0.25) is 0 Å². The van der Waals surface area contributed by atoms with Crippen molar-refractivity contribution in [2.75, 3.05) is 31.1 Å². The van der Waals surface area contributed by atoms with Crippen LogP contribution in [0.4, 0.5) is 5.82 Å². The van der Waals surface area contributed by atoms with Crippen LogP contribution in [0.2, 0.25) is 0 Å². The van der Waals surface area contributed by atoms with Crippen LogP contribution in [-0.2, 0) is 5.41 Å². The molecule has 25 heavy (non-hydrogen) atoms. The van der Waals surface area contributed by atoms with Crippen molar-refractivity contribution in [2.45, 2.75) is 33.1 Å². The first kappa shape index (κ1) is 17.4. The molecule has 0 unspecified atom stereocenters. The number of rotatable bonds is 2. The molecule has 1 aromatic heterocycles. The first-order valence-electron chi connectivity index (χ1n) is 8.78. The van der Waals surface area contributed by atoms with Crippen LogP contribution in [0, 0.1) is 6.92 Å². The maximum absolute atomic E-state index is 12.7. The predicted molar refractivity (Wildman–Crippen MR) is 100 cm³/mol. The fourth-order valence-corrected chi connectivity index (χ4v) is 3.05. The van der Waals surface area contributed by atoms with Crippen LogP contribution in [-0.4, -0.2) is 47.0 Å². The van der Waals surface area contributed by atoms with E-state index in [4.69, 9.17) is 0 Å². The molecule has 0 atom stereocenters. The van der Waals surface area contributed by atoms with Gasteiger partial charge in [-0.05, 0) is 30.0 Å². The van der Waals surface area contributed by atoms with Gasteiger partial charge in [0, 0.05) is 43.5 Å². The van der Waals surface area contributed by atoms with E-state index in [-0.39, 0.29) is 11.3 Å². The average molecular weight is 338 g/mol. The molecule has 1 aliphatic rings. The Kier molecular flexibility index (Phi) is 4.75. The zero-order valence-electron chi connectivity index (χ0n) is 15.5. The molecule has 3 rings (SSSR count). The number of anilines is 1. The molecule has 0 saturated carbocycles. The van der Waals surface area contributed by atoms with Gasteiger partial charge in [0.25, 0.3) is 5.91 Å². The maximum atomic E-state index is 12.7. The number of aryl methyl sites for hydroxylation is 1. The largest absolute Gasteiger partial charge is 0.353 e. The molecule has 5 heteroatoms.